The van der Waals surface area contributed by atoms with Crippen molar-refractivity contribution in [1.82, 2.24) is 0 Å². The lowest BCUT2D eigenvalue weighted by atomic mass is 9.85. The first-order chi connectivity index (χ1) is 5.70. The van der Waals surface area contributed by atoms with Crippen LogP contribution in [0.2, 0.25) is 0 Å². The zero-order valence-electron chi connectivity index (χ0n) is 7.54. The Hall–Kier alpha value is -1.05. The molecule has 2 nitrogen and oxygen atoms in total. The predicted octanol–water partition coefficient (Wildman–Crippen LogP) is 2.44. The highest BCUT2D eigenvalue weighted by atomic mass is 16.3. The second-order valence-electron chi connectivity index (χ2n) is 3.38. The third kappa shape index (κ3) is 1.97. The van der Waals surface area contributed by atoms with Crippen molar-refractivity contribution < 1.29 is 9.21 Å². The van der Waals surface area contributed by atoms with Crippen LogP contribution in [-0.2, 0) is 11.2 Å². The molecule has 1 rings (SSSR count). The highest BCUT2D eigenvalue weighted by Gasteiger charge is 2.22. The van der Waals surface area contributed by atoms with E-state index in [9.17, 15) is 4.79 Å². The largest absolute Gasteiger partial charge is 0.469 e. The van der Waals surface area contributed by atoms with Crippen LogP contribution in [0.1, 0.15) is 26.0 Å². The highest BCUT2D eigenvalue weighted by Crippen LogP contribution is 2.23. The molecule has 0 aromatic carbocycles. The molecule has 0 aliphatic rings. The Morgan fingerprint density at radius 2 is 2.42 bits per heavy atom. The fourth-order valence-corrected chi connectivity index (χ4v) is 1.06. The predicted molar refractivity (Wildman–Crippen MR) is 46.9 cm³/mol. The van der Waals surface area contributed by atoms with E-state index in [4.69, 9.17) is 4.42 Å². The number of aldehydes is 1. The van der Waals surface area contributed by atoms with Gasteiger partial charge >= 0.3 is 0 Å². The van der Waals surface area contributed by atoms with Gasteiger partial charge in [0.25, 0.3) is 0 Å². The van der Waals surface area contributed by atoms with Gasteiger partial charge in [0.15, 0.2) is 0 Å². The Labute approximate surface area is 72.6 Å². The maximum Gasteiger partial charge on any atom is 0.126 e. The van der Waals surface area contributed by atoms with E-state index in [0.29, 0.717) is 6.42 Å². The average molecular weight is 166 g/mol. The van der Waals surface area contributed by atoms with E-state index in [2.05, 4.69) is 0 Å². The molecule has 0 bridgehead atoms. The number of hydrogen-bond acceptors (Lipinski definition) is 2. The normalized spacial score (nSPS) is 15.5. The summed E-state index contributed by atoms with van der Waals surface area (Å²) >= 11 is 0. The van der Waals surface area contributed by atoms with Gasteiger partial charge in [0.1, 0.15) is 12.0 Å². The first-order valence-electron chi connectivity index (χ1n) is 4.19. The van der Waals surface area contributed by atoms with Crippen molar-refractivity contribution in [2.75, 3.05) is 0 Å². The number of furan rings is 1. The molecule has 66 valence electrons. The minimum atomic E-state index is -0.266. The van der Waals surface area contributed by atoms with Gasteiger partial charge in [0, 0.05) is 11.8 Å². The fourth-order valence-electron chi connectivity index (χ4n) is 1.06. The molecule has 0 amide bonds. The number of hydrogen-bond donors (Lipinski definition) is 0. The van der Waals surface area contributed by atoms with Crippen LogP contribution in [0.3, 0.4) is 0 Å². The summed E-state index contributed by atoms with van der Waals surface area (Å²) in [7, 11) is 0. The van der Waals surface area contributed by atoms with E-state index in [1.807, 2.05) is 26.0 Å². The monoisotopic (exact) mass is 166 g/mol. The summed E-state index contributed by atoms with van der Waals surface area (Å²) < 4.78 is 5.17. The summed E-state index contributed by atoms with van der Waals surface area (Å²) in [5, 5.41) is 0. The molecule has 0 spiro atoms. The lowest BCUT2D eigenvalue weighted by molar-refractivity contribution is -0.115. The van der Waals surface area contributed by atoms with Crippen molar-refractivity contribution in [3.8, 4) is 0 Å². The van der Waals surface area contributed by atoms with Gasteiger partial charge in [-0.1, -0.05) is 13.8 Å². The average Bonchev–Trinajstić information content (AvgIpc) is 2.57. The van der Waals surface area contributed by atoms with Crippen molar-refractivity contribution >= 4 is 6.29 Å². The van der Waals surface area contributed by atoms with Crippen molar-refractivity contribution in [3.63, 3.8) is 0 Å². The Bertz CT molecular complexity index is 238. The zero-order chi connectivity index (χ0) is 9.03. The summed E-state index contributed by atoms with van der Waals surface area (Å²) in [5.41, 5.74) is -0.266. The first kappa shape index (κ1) is 9.04. The molecule has 0 radical (unpaired) electrons. The molecule has 1 heterocycles. The molecule has 1 aromatic rings. The molecule has 0 aliphatic heterocycles. The molecule has 1 unspecified atom stereocenters. The number of carbonyl (C=O) groups excluding carboxylic acids is 1. The van der Waals surface area contributed by atoms with Crippen molar-refractivity contribution in [3.05, 3.63) is 24.2 Å². The van der Waals surface area contributed by atoms with Crippen molar-refractivity contribution in [1.29, 1.82) is 0 Å². The molecule has 1 atom stereocenters. The van der Waals surface area contributed by atoms with Gasteiger partial charge in [-0.15, -0.1) is 0 Å². The lowest BCUT2D eigenvalue weighted by Crippen LogP contribution is -2.19. The van der Waals surface area contributed by atoms with E-state index in [1.54, 1.807) is 6.26 Å². The van der Waals surface area contributed by atoms with Gasteiger partial charge in [-0.05, 0) is 18.6 Å². The Morgan fingerprint density at radius 3 is 2.83 bits per heavy atom. The van der Waals surface area contributed by atoms with Crippen LogP contribution in [-0.4, -0.2) is 6.29 Å². The van der Waals surface area contributed by atoms with E-state index in [1.165, 1.54) is 0 Å². The van der Waals surface area contributed by atoms with Gasteiger partial charge in [0.2, 0.25) is 0 Å². The quantitative estimate of drug-likeness (QED) is 0.643. The molecule has 12 heavy (non-hydrogen) atoms. The Morgan fingerprint density at radius 1 is 1.67 bits per heavy atom. The third-order valence-corrected chi connectivity index (χ3v) is 2.25. The molecular formula is C10H14O2. The maximum atomic E-state index is 10.7. The molecule has 0 saturated carbocycles. The van der Waals surface area contributed by atoms with Crippen molar-refractivity contribution in [2.45, 2.75) is 26.7 Å². The van der Waals surface area contributed by atoms with Crippen LogP contribution in [0.5, 0.6) is 0 Å². The topological polar surface area (TPSA) is 30.2 Å². The molecule has 0 saturated heterocycles. The van der Waals surface area contributed by atoms with E-state index >= 15 is 0 Å². The summed E-state index contributed by atoms with van der Waals surface area (Å²) in [4.78, 5) is 10.7. The molecule has 0 N–H and O–H groups in total. The van der Waals surface area contributed by atoms with E-state index in [-0.39, 0.29) is 5.41 Å². The summed E-state index contributed by atoms with van der Waals surface area (Å²) in [6.45, 7) is 3.96. The van der Waals surface area contributed by atoms with Crippen LogP contribution >= 0.6 is 0 Å². The molecular weight excluding hydrogens is 152 g/mol. The smallest absolute Gasteiger partial charge is 0.126 e. The number of rotatable bonds is 4. The zero-order valence-corrected chi connectivity index (χ0v) is 7.54. The van der Waals surface area contributed by atoms with E-state index < -0.39 is 0 Å². The standard InChI is InChI=1S/C10H14O2/c1-3-10(2,8-11)7-9-5-4-6-12-9/h4-6,8H,3,7H2,1-2H3. The molecule has 0 aliphatic carbocycles. The van der Waals surface area contributed by atoms with Gasteiger partial charge in [-0.2, -0.15) is 0 Å². The van der Waals surface area contributed by atoms with Gasteiger partial charge in [-0.25, -0.2) is 0 Å². The van der Waals surface area contributed by atoms with Crippen LogP contribution in [0.4, 0.5) is 0 Å². The summed E-state index contributed by atoms with van der Waals surface area (Å²) in [6, 6.07) is 3.74. The highest BCUT2D eigenvalue weighted by molar-refractivity contribution is 5.59. The Balaban J connectivity index is 2.66. The molecule has 1 aromatic heterocycles. The number of carbonyl (C=O) groups is 1. The first-order valence-corrected chi connectivity index (χ1v) is 4.19. The van der Waals surface area contributed by atoms with Crippen LogP contribution in [0.25, 0.3) is 0 Å². The lowest BCUT2D eigenvalue weighted by Gasteiger charge is -2.18. The summed E-state index contributed by atoms with van der Waals surface area (Å²) in [6.07, 6.45) is 4.18. The van der Waals surface area contributed by atoms with Crippen LogP contribution < -0.4 is 0 Å². The Kier molecular flexibility index (Phi) is 2.69. The van der Waals surface area contributed by atoms with Gasteiger partial charge in [0.05, 0.1) is 6.26 Å². The summed E-state index contributed by atoms with van der Waals surface area (Å²) in [5.74, 6) is 0.881. The molecule has 0 fully saturated rings. The minimum absolute atomic E-state index is 0.266. The SMILES string of the molecule is CCC(C)(C=O)Cc1ccco1. The van der Waals surface area contributed by atoms with Crippen LogP contribution in [0, 0.1) is 5.41 Å². The maximum absolute atomic E-state index is 10.7. The second kappa shape index (κ2) is 3.57. The second-order valence-corrected chi connectivity index (χ2v) is 3.38. The molecule has 2 heteroatoms. The van der Waals surface area contributed by atoms with Crippen molar-refractivity contribution in [2.24, 2.45) is 5.41 Å². The fraction of sp³-hybridized carbons (Fsp3) is 0.500. The van der Waals surface area contributed by atoms with Gasteiger partial charge in [-0.3, -0.25) is 0 Å². The van der Waals surface area contributed by atoms with E-state index in [0.717, 1.165) is 18.5 Å². The third-order valence-electron chi connectivity index (χ3n) is 2.25. The van der Waals surface area contributed by atoms with Gasteiger partial charge < -0.3 is 9.21 Å². The van der Waals surface area contributed by atoms with Crippen LogP contribution in [0.15, 0.2) is 22.8 Å². The minimum Gasteiger partial charge on any atom is -0.469 e.